The summed E-state index contributed by atoms with van der Waals surface area (Å²) >= 11 is 0. The second-order valence-electron chi connectivity index (χ2n) is 5.53. The van der Waals surface area contributed by atoms with Gasteiger partial charge in [0.1, 0.15) is 0 Å². The molecule has 2 aromatic rings. The zero-order valence-electron chi connectivity index (χ0n) is 10.4. The van der Waals surface area contributed by atoms with Crippen molar-refractivity contribution in [3.63, 3.8) is 0 Å². The molecule has 1 aromatic heterocycles. The standard InChI is InChI=1S/C15H17N3/c1-2-6-12-11(5-1)14-13(9-16-12)17-10-15(18-14)7-3-4-8-15/h1-2,5-6,9,17-18H,3-4,7-8,10H2. The molecule has 18 heavy (non-hydrogen) atoms. The number of benzene rings is 1. The van der Waals surface area contributed by atoms with Gasteiger partial charge in [0.05, 0.1) is 28.6 Å². The van der Waals surface area contributed by atoms with E-state index in [0.29, 0.717) is 0 Å². The quantitative estimate of drug-likeness (QED) is 0.740. The largest absolute Gasteiger partial charge is 0.380 e. The first-order valence-electron chi connectivity index (χ1n) is 6.76. The first kappa shape index (κ1) is 10.2. The molecule has 92 valence electrons. The molecular formula is C15H17N3. The molecular weight excluding hydrogens is 222 g/mol. The van der Waals surface area contributed by atoms with Gasteiger partial charge in [-0.3, -0.25) is 4.98 Å². The van der Waals surface area contributed by atoms with Gasteiger partial charge in [0.15, 0.2) is 0 Å². The molecule has 0 atom stereocenters. The van der Waals surface area contributed by atoms with E-state index in [0.717, 1.165) is 17.7 Å². The molecule has 2 heterocycles. The van der Waals surface area contributed by atoms with E-state index in [1.165, 1.54) is 36.8 Å². The Morgan fingerprint density at radius 1 is 1.11 bits per heavy atom. The van der Waals surface area contributed by atoms with Gasteiger partial charge in [-0.2, -0.15) is 0 Å². The topological polar surface area (TPSA) is 37.0 Å². The summed E-state index contributed by atoms with van der Waals surface area (Å²) in [5.41, 5.74) is 3.73. The summed E-state index contributed by atoms with van der Waals surface area (Å²) < 4.78 is 0. The maximum Gasteiger partial charge on any atom is 0.0770 e. The van der Waals surface area contributed by atoms with E-state index in [2.05, 4.69) is 33.8 Å². The van der Waals surface area contributed by atoms with Crippen molar-refractivity contribution in [1.82, 2.24) is 4.98 Å². The third-order valence-corrected chi connectivity index (χ3v) is 4.34. The average Bonchev–Trinajstić information content (AvgIpc) is 2.87. The third-order valence-electron chi connectivity index (χ3n) is 4.34. The van der Waals surface area contributed by atoms with Crippen LogP contribution in [0.1, 0.15) is 25.7 Å². The van der Waals surface area contributed by atoms with Crippen LogP contribution in [0.5, 0.6) is 0 Å². The fourth-order valence-corrected chi connectivity index (χ4v) is 3.34. The Hall–Kier alpha value is -1.77. The summed E-state index contributed by atoms with van der Waals surface area (Å²) in [7, 11) is 0. The van der Waals surface area contributed by atoms with Crippen LogP contribution in [-0.4, -0.2) is 17.1 Å². The van der Waals surface area contributed by atoms with Crippen molar-refractivity contribution in [1.29, 1.82) is 0 Å². The van der Waals surface area contributed by atoms with Gasteiger partial charge in [-0.25, -0.2) is 0 Å². The van der Waals surface area contributed by atoms with E-state index in [9.17, 15) is 0 Å². The summed E-state index contributed by atoms with van der Waals surface area (Å²) in [6, 6.07) is 8.36. The summed E-state index contributed by atoms with van der Waals surface area (Å²) in [4.78, 5) is 4.51. The smallest absolute Gasteiger partial charge is 0.0770 e. The van der Waals surface area contributed by atoms with Crippen LogP contribution in [0.15, 0.2) is 30.5 Å². The molecule has 0 bridgehead atoms. The van der Waals surface area contributed by atoms with Gasteiger partial charge in [0, 0.05) is 11.9 Å². The number of hydrogen-bond donors (Lipinski definition) is 2. The van der Waals surface area contributed by atoms with Gasteiger partial charge in [-0.05, 0) is 18.9 Å². The van der Waals surface area contributed by atoms with Gasteiger partial charge in [-0.15, -0.1) is 0 Å². The minimum absolute atomic E-state index is 0.275. The van der Waals surface area contributed by atoms with Gasteiger partial charge >= 0.3 is 0 Å². The molecule has 2 N–H and O–H groups in total. The van der Waals surface area contributed by atoms with Crippen molar-refractivity contribution >= 4 is 22.3 Å². The van der Waals surface area contributed by atoms with Crippen molar-refractivity contribution < 1.29 is 0 Å². The number of pyridine rings is 1. The molecule has 1 spiro atoms. The molecule has 0 unspecified atom stereocenters. The first-order chi connectivity index (χ1) is 8.86. The van der Waals surface area contributed by atoms with E-state index in [1.807, 2.05) is 12.3 Å². The second kappa shape index (κ2) is 3.61. The van der Waals surface area contributed by atoms with E-state index in [1.54, 1.807) is 0 Å². The summed E-state index contributed by atoms with van der Waals surface area (Å²) in [5.74, 6) is 0. The lowest BCUT2D eigenvalue weighted by Crippen LogP contribution is -2.45. The van der Waals surface area contributed by atoms with E-state index >= 15 is 0 Å². The highest BCUT2D eigenvalue weighted by atomic mass is 15.1. The average molecular weight is 239 g/mol. The van der Waals surface area contributed by atoms with Crippen molar-refractivity contribution in [2.75, 3.05) is 17.2 Å². The lowest BCUT2D eigenvalue weighted by atomic mass is 9.93. The van der Waals surface area contributed by atoms with Crippen molar-refractivity contribution in [3.8, 4) is 0 Å². The number of para-hydroxylation sites is 1. The minimum atomic E-state index is 0.275. The highest BCUT2D eigenvalue weighted by molar-refractivity contribution is 5.98. The molecule has 0 amide bonds. The zero-order valence-corrected chi connectivity index (χ0v) is 10.4. The van der Waals surface area contributed by atoms with E-state index in [-0.39, 0.29) is 5.54 Å². The van der Waals surface area contributed by atoms with Crippen molar-refractivity contribution in [3.05, 3.63) is 30.5 Å². The van der Waals surface area contributed by atoms with Crippen LogP contribution < -0.4 is 10.6 Å². The summed E-state index contributed by atoms with van der Waals surface area (Å²) in [5, 5.41) is 8.61. The predicted octanol–water partition coefficient (Wildman–Crippen LogP) is 3.39. The molecule has 1 aliphatic carbocycles. The van der Waals surface area contributed by atoms with E-state index < -0.39 is 0 Å². The third kappa shape index (κ3) is 1.40. The van der Waals surface area contributed by atoms with Crippen LogP contribution in [0.4, 0.5) is 11.4 Å². The Kier molecular flexibility index (Phi) is 2.04. The van der Waals surface area contributed by atoms with Crippen LogP contribution in [0.25, 0.3) is 10.9 Å². The molecule has 3 nitrogen and oxygen atoms in total. The first-order valence-corrected chi connectivity index (χ1v) is 6.76. The Balaban J connectivity index is 1.88. The summed E-state index contributed by atoms with van der Waals surface area (Å²) in [6.45, 7) is 1.03. The van der Waals surface area contributed by atoms with Gasteiger partial charge < -0.3 is 10.6 Å². The number of nitrogens with one attached hydrogen (secondary N) is 2. The van der Waals surface area contributed by atoms with Crippen LogP contribution in [-0.2, 0) is 0 Å². The fraction of sp³-hybridized carbons (Fsp3) is 0.400. The van der Waals surface area contributed by atoms with Crippen LogP contribution in [0.2, 0.25) is 0 Å². The molecule has 1 aromatic carbocycles. The highest BCUT2D eigenvalue weighted by Gasteiger charge is 2.37. The molecule has 3 heteroatoms. The van der Waals surface area contributed by atoms with Gasteiger partial charge in [0.25, 0.3) is 0 Å². The van der Waals surface area contributed by atoms with Gasteiger partial charge in [0.2, 0.25) is 0 Å². The van der Waals surface area contributed by atoms with Crippen LogP contribution >= 0.6 is 0 Å². The number of hydrogen-bond acceptors (Lipinski definition) is 3. The molecule has 4 rings (SSSR count). The van der Waals surface area contributed by atoms with Gasteiger partial charge in [-0.1, -0.05) is 31.0 Å². The van der Waals surface area contributed by atoms with Crippen LogP contribution in [0, 0.1) is 0 Å². The molecule has 2 aliphatic rings. The fourth-order valence-electron chi connectivity index (χ4n) is 3.34. The van der Waals surface area contributed by atoms with E-state index in [4.69, 9.17) is 0 Å². The number of rotatable bonds is 0. The zero-order chi connectivity index (χ0) is 12.0. The number of fused-ring (bicyclic) bond motifs is 3. The maximum absolute atomic E-state index is 4.51. The second-order valence-corrected chi connectivity index (χ2v) is 5.53. The van der Waals surface area contributed by atoms with Crippen molar-refractivity contribution in [2.24, 2.45) is 0 Å². The lowest BCUT2D eigenvalue weighted by Gasteiger charge is -2.38. The van der Waals surface area contributed by atoms with Crippen molar-refractivity contribution in [2.45, 2.75) is 31.2 Å². The molecule has 1 aliphatic heterocycles. The normalized spacial score (nSPS) is 20.4. The lowest BCUT2D eigenvalue weighted by molar-refractivity contribution is 0.501. The Bertz CT molecular complexity index is 600. The predicted molar refractivity (Wildman–Crippen MR) is 75.1 cm³/mol. The Morgan fingerprint density at radius 2 is 1.94 bits per heavy atom. The minimum Gasteiger partial charge on any atom is -0.380 e. The highest BCUT2D eigenvalue weighted by Crippen LogP contribution is 2.41. The number of nitrogens with zero attached hydrogens (tertiary/aromatic N) is 1. The monoisotopic (exact) mass is 239 g/mol. The maximum atomic E-state index is 4.51. The molecule has 0 radical (unpaired) electrons. The SMILES string of the molecule is c1ccc2c3c(cnc2c1)NCC1(CCCC1)N3. The Labute approximate surface area is 107 Å². The molecule has 1 fully saturated rings. The van der Waals surface area contributed by atoms with Crippen LogP contribution in [0.3, 0.4) is 0 Å². The summed E-state index contributed by atoms with van der Waals surface area (Å²) in [6.07, 6.45) is 7.18. The number of aromatic nitrogens is 1. The molecule has 1 saturated carbocycles. The Morgan fingerprint density at radius 3 is 2.83 bits per heavy atom. The number of anilines is 2. The molecule has 0 saturated heterocycles.